The van der Waals surface area contributed by atoms with Gasteiger partial charge in [-0.2, -0.15) is 5.26 Å². The summed E-state index contributed by atoms with van der Waals surface area (Å²) in [5, 5.41) is 13.6. The lowest BCUT2D eigenvalue weighted by Crippen LogP contribution is -2.13. The van der Waals surface area contributed by atoms with Crippen molar-refractivity contribution in [3.8, 4) is 6.07 Å². The first-order chi connectivity index (χ1) is 13.4. The van der Waals surface area contributed by atoms with E-state index in [9.17, 15) is 14.4 Å². The molecule has 4 nitrogen and oxygen atoms in total. The van der Waals surface area contributed by atoms with Crippen LogP contribution in [0.25, 0.3) is 11.0 Å². The van der Waals surface area contributed by atoms with Crippen LogP contribution in [-0.4, -0.2) is 5.75 Å². The number of nitrogens with one attached hydrogen (secondary N) is 1. The average Bonchev–Trinajstić information content (AvgIpc) is 2.66. The lowest BCUT2D eigenvalue weighted by molar-refractivity contribution is 0.488. The van der Waals surface area contributed by atoms with E-state index in [2.05, 4.69) is 5.32 Å². The molecule has 0 aliphatic rings. The van der Waals surface area contributed by atoms with E-state index in [0.717, 1.165) is 16.9 Å². The van der Waals surface area contributed by atoms with E-state index in [0.29, 0.717) is 27.3 Å². The highest BCUT2D eigenvalue weighted by Crippen LogP contribution is 2.32. The Morgan fingerprint density at radius 3 is 2.75 bits per heavy atom. The lowest BCUT2D eigenvalue weighted by atomic mass is 10.00. The molecule has 1 N–H and O–H groups in total. The van der Waals surface area contributed by atoms with Crippen molar-refractivity contribution in [1.82, 2.24) is 0 Å². The van der Waals surface area contributed by atoms with Gasteiger partial charge in [0.15, 0.2) is 10.5 Å². The molecule has 0 amide bonds. The standard InChI is InChI=1S/C22H21FN2O2S/c1-5-28-22-13(3)20(26)16-10-12(2)9-15(21(16)27-22)14(4)25-19-8-6-7-18(23)17(19)11-24/h6-10,14,25H,5H2,1-4H3/t14-/m1/s1. The number of nitriles is 1. The second-order valence-corrected chi connectivity index (χ2v) is 7.88. The smallest absolute Gasteiger partial charge is 0.196 e. The summed E-state index contributed by atoms with van der Waals surface area (Å²) >= 11 is 1.49. The molecular formula is C22H21FN2O2S. The van der Waals surface area contributed by atoms with Crippen LogP contribution in [0.4, 0.5) is 10.1 Å². The number of rotatable bonds is 5. The predicted octanol–water partition coefficient (Wildman–Crippen LogP) is 5.71. The van der Waals surface area contributed by atoms with Gasteiger partial charge in [0.1, 0.15) is 23.0 Å². The highest BCUT2D eigenvalue weighted by Gasteiger charge is 2.19. The normalized spacial score (nSPS) is 12.0. The molecule has 0 saturated carbocycles. The van der Waals surface area contributed by atoms with Crippen molar-refractivity contribution >= 4 is 28.4 Å². The highest BCUT2D eigenvalue weighted by atomic mass is 32.2. The number of aryl methyl sites for hydroxylation is 1. The van der Waals surface area contributed by atoms with Gasteiger partial charge in [-0.25, -0.2) is 4.39 Å². The third kappa shape index (κ3) is 3.63. The van der Waals surface area contributed by atoms with Gasteiger partial charge >= 0.3 is 0 Å². The van der Waals surface area contributed by atoms with Gasteiger partial charge in [0.05, 0.1) is 17.1 Å². The minimum absolute atomic E-state index is 0.0363. The topological polar surface area (TPSA) is 66.0 Å². The van der Waals surface area contributed by atoms with Crippen molar-refractivity contribution in [2.75, 3.05) is 11.1 Å². The van der Waals surface area contributed by atoms with Crippen LogP contribution in [0.5, 0.6) is 0 Å². The zero-order valence-electron chi connectivity index (χ0n) is 16.2. The number of nitrogens with zero attached hydrogens (tertiary/aromatic N) is 1. The first-order valence-corrected chi connectivity index (χ1v) is 10.0. The number of hydrogen-bond acceptors (Lipinski definition) is 5. The van der Waals surface area contributed by atoms with E-state index >= 15 is 0 Å². The number of fused-ring (bicyclic) bond motifs is 1. The van der Waals surface area contributed by atoms with Gasteiger partial charge in [0.2, 0.25) is 0 Å². The van der Waals surface area contributed by atoms with Crippen LogP contribution in [0.1, 0.15) is 42.1 Å². The van der Waals surface area contributed by atoms with E-state index in [-0.39, 0.29) is 17.0 Å². The fourth-order valence-corrected chi connectivity index (χ4v) is 3.92. The van der Waals surface area contributed by atoms with Crippen LogP contribution in [0.2, 0.25) is 0 Å². The molecule has 0 saturated heterocycles. The van der Waals surface area contributed by atoms with Crippen LogP contribution in [0, 0.1) is 31.0 Å². The summed E-state index contributed by atoms with van der Waals surface area (Å²) in [4.78, 5) is 12.9. The number of hydrogen-bond donors (Lipinski definition) is 1. The minimum Gasteiger partial charge on any atom is -0.449 e. The Bertz CT molecular complexity index is 1150. The second kappa shape index (κ2) is 8.07. The van der Waals surface area contributed by atoms with Gasteiger partial charge in [-0.05, 0) is 50.3 Å². The van der Waals surface area contributed by atoms with E-state index in [1.165, 1.54) is 17.8 Å². The zero-order valence-corrected chi connectivity index (χ0v) is 17.0. The molecule has 0 radical (unpaired) electrons. The Morgan fingerprint density at radius 1 is 1.32 bits per heavy atom. The van der Waals surface area contributed by atoms with E-state index in [1.54, 1.807) is 19.1 Å². The van der Waals surface area contributed by atoms with E-state index < -0.39 is 5.82 Å². The van der Waals surface area contributed by atoms with Gasteiger partial charge < -0.3 is 9.73 Å². The van der Waals surface area contributed by atoms with Crippen molar-refractivity contribution in [3.63, 3.8) is 0 Å². The molecule has 28 heavy (non-hydrogen) atoms. The monoisotopic (exact) mass is 396 g/mol. The number of anilines is 1. The summed E-state index contributed by atoms with van der Waals surface area (Å²) in [5.41, 5.74) is 3.17. The largest absolute Gasteiger partial charge is 0.449 e. The molecule has 0 aliphatic carbocycles. The van der Waals surface area contributed by atoms with Crippen molar-refractivity contribution in [1.29, 1.82) is 5.26 Å². The molecule has 0 bridgehead atoms. The summed E-state index contributed by atoms with van der Waals surface area (Å²) < 4.78 is 20.1. The molecule has 1 aromatic heterocycles. The molecule has 144 valence electrons. The number of thioether (sulfide) groups is 1. The van der Waals surface area contributed by atoms with Crippen LogP contribution in [-0.2, 0) is 0 Å². The fraction of sp³-hybridized carbons (Fsp3) is 0.273. The summed E-state index contributed by atoms with van der Waals surface area (Å²) in [6.07, 6.45) is 0. The quantitative estimate of drug-likeness (QED) is 0.560. The summed E-state index contributed by atoms with van der Waals surface area (Å²) in [6.45, 7) is 7.59. The fourth-order valence-electron chi connectivity index (χ4n) is 3.21. The van der Waals surface area contributed by atoms with Crippen LogP contribution in [0.3, 0.4) is 0 Å². The summed E-state index contributed by atoms with van der Waals surface area (Å²) in [5.74, 6) is 0.219. The van der Waals surface area contributed by atoms with E-state index in [1.807, 2.05) is 39.0 Å². The van der Waals surface area contributed by atoms with Crippen molar-refractivity contribution < 1.29 is 8.81 Å². The maximum Gasteiger partial charge on any atom is 0.196 e. The molecular weight excluding hydrogens is 375 g/mol. The molecule has 3 aromatic rings. The first kappa shape index (κ1) is 20.0. The summed E-state index contributed by atoms with van der Waals surface area (Å²) in [7, 11) is 0. The van der Waals surface area contributed by atoms with Crippen molar-refractivity contribution in [3.05, 3.63) is 68.6 Å². The maximum atomic E-state index is 13.9. The molecule has 0 unspecified atom stereocenters. The van der Waals surface area contributed by atoms with Crippen molar-refractivity contribution in [2.45, 2.75) is 38.8 Å². The van der Waals surface area contributed by atoms with Gasteiger partial charge in [-0.1, -0.05) is 30.8 Å². The molecule has 2 aromatic carbocycles. The first-order valence-electron chi connectivity index (χ1n) is 9.03. The number of benzene rings is 2. The van der Waals surface area contributed by atoms with Gasteiger partial charge in [-0.3, -0.25) is 4.79 Å². The Balaban J connectivity index is 2.16. The third-order valence-electron chi connectivity index (χ3n) is 4.59. The lowest BCUT2D eigenvalue weighted by Gasteiger charge is -2.19. The predicted molar refractivity (Wildman–Crippen MR) is 112 cm³/mol. The number of halogens is 1. The molecule has 3 rings (SSSR count). The molecule has 0 spiro atoms. The molecule has 1 atom stereocenters. The van der Waals surface area contributed by atoms with Gasteiger partial charge in [0, 0.05) is 11.1 Å². The van der Waals surface area contributed by atoms with Crippen LogP contribution in [0.15, 0.2) is 44.6 Å². The Labute approximate surface area is 167 Å². The van der Waals surface area contributed by atoms with Crippen LogP contribution >= 0.6 is 11.8 Å². The van der Waals surface area contributed by atoms with Crippen molar-refractivity contribution in [2.24, 2.45) is 0 Å². The SMILES string of the molecule is CCSc1oc2c([C@@H](C)Nc3cccc(F)c3C#N)cc(C)cc2c(=O)c1C. The Morgan fingerprint density at radius 2 is 2.07 bits per heavy atom. The molecule has 6 heteroatoms. The maximum absolute atomic E-state index is 13.9. The molecule has 1 heterocycles. The second-order valence-electron chi connectivity index (χ2n) is 6.65. The van der Waals surface area contributed by atoms with Gasteiger partial charge in [0.25, 0.3) is 0 Å². The highest BCUT2D eigenvalue weighted by molar-refractivity contribution is 7.99. The average molecular weight is 396 g/mol. The molecule has 0 fully saturated rings. The third-order valence-corrected chi connectivity index (χ3v) is 5.53. The van der Waals surface area contributed by atoms with Crippen LogP contribution < -0.4 is 10.7 Å². The molecule has 0 aliphatic heterocycles. The van der Waals surface area contributed by atoms with E-state index in [4.69, 9.17) is 4.42 Å². The Hall–Kier alpha value is -2.78. The Kier molecular flexibility index (Phi) is 5.76. The summed E-state index contributed by atoms with van der Waals surface area (Å²) in [6, 6.07) is 9.84. The zero-order chi connectivity index (χ0) is 20.4. The van der Waals surface area contributed by atoms with Gasteiger partial charge in [-0.15, -0.1) is 0 Å². The minimum atomic E-state index is -0.572.